The molecule has 0 bridgehead atoms. The number of aliphatic carboxylic acids is 1. The van der Waals surface area contributed by atoms with E-state index in [4.69, 9.17) is 5.11 Å². The first-order valence-electron chi connectivity index (χ1n) is 6.27. The number of benzene rings is 1. The Morgan fingerprint density at radius 3 is 2.61 bits per heavy atom. The Kier molecular flexibility index (Phi) is 5.59. The molecule has 0 radical (unpaired) electrons. The Morgan fingerprint density at radius 1 is 1.39 bits per heavy atom. The molecule has 0 amide bonds. The molecule has 0 saturated carbocycles. The molecule has 0 heterocycles. The summed E-state index contributed by atoms with van der Waals surface area (Å²) in [7, 11) is 0. The monoisotopic (exact) mass is 247 g/mol. The highest BCUT2D eigenvalue weighted by molar-refractivity contribution is 5.85. The molecule has 3 heteroatoms. The number of hydrogen-bond acceptors (Lipinski definition) is 2. The second kappa shape index (κ2) is 6.97. The zero-order chi connectivity index (χ0) is 13.5. The lowest BCUT2D eigenvalue weighted by Crippen LogP contribution is -2.30. The van der Waals surface area contributed by atoms with Crippen LogP contribution in [0.2, 0.25) is 0 Å². The van der Waals surface area contributed by atoms with Crippen molar-refractivity contribution in [2.75, 3.05) is 6.54 Å². The number of rotatable bonds is 6. The maximum atomic E-state index is 10.6. The Labute approximate surface area is 109 Å². The topological polar surface area (TPSA) is 40.5 Å². The van der Waals surface area contributed by atoms with Crippen molar-refractivity contribution in [3.63, 3.8) is 0 Å². The van der Waals surface area contributed by atoms with Crippen LogP contribution < -0.4 is 0 Å². The molecule has 0 aliphatic rings. The zero-order valence-corrected chi connectivity index (χ0v) is 11.3. The van der Waals surface area contributed by atoms with Crippen molar-refractivity contribution in [2.24, 2.45) is 0 Å². The molecule has 98 valence electrons. The predicted octanol–water partition coefficient (Wildman–Crippen LogP) is 3.01. The minimum Gasteiger partial charge on any atom is -0.478 e. The fraction of sp³-hybridized carbons (Fsp3) is 0.400. The van der Waals surface area contributed by atoms with Gasteiger partial charge in [-0.1, -0.05) is 31.2 Å². The molecular weight excluding hydrogens is 226 g/mol. The number of carboxylic acid groups (broad SMARTS) is 1. The highest BCUT2D eigenvalue weighted by Crippen LogP contribution is 2.15. The van der Waals surface area contributed by atoms with Crippen LogP contribution in [0.4, 0.5) is 0 Å². The van der Waals surface area contributed by atoms with Crippen molar-refractivity contribution in [3.05, 3.63) is 41.5 Å². The van der Waals surface area contributed by atoms with Crippen LogP contribution in [0, 0.1) is 0 Å². The summed E-state index contributed by atoms with van der Waals surface area (Å²) in [5, 5.41) is 8.68. The molecule has 0 saturated heterocycles. The maximum absolute atomic E-state index is 10.6. The molecule has 1 N–H and O–H groups in total. The Bertz CT molecular complexity index is 424. The van der Waals surface area contributed by atoms with Crippen molar-refractivity contribution in [1.29, 1.82) is 0 Å². The van der Waals surface area contributed by atoms with E-state index in [1.807, 2.05) is 24.3 Å². The number of nitrogens with zero attached hydrogens (tertiary/aromatic N) is 1. The van der Waals surface area contributed by atoms with Crippen LogP contribution in [0.15, 0.2) is 30.3 Å². The van der Waals surface area contributed by atoms with Gasteiger partial charge >= 0.3 is 5.97 Å². The van der Waals surface area contributed by atoms with Crippen molar-refractivity contribution >= 4 is 12.0 Å². The lowest BCUT2D eigenvalue weighted by Gasteiger charge is -2.25. The molecule has 0 unspecified atom stereocenters. The molecule has 0 spiro atoms. The fourth-order valence-electron chi connectivity index (χ4n) is 1.88. The van der Waals surface area contributed by atoms with Crippen molar-refractivity contribution in [2.45, 2.75) is 33.4 Å². The van der Waals surface area contributed by atoms with Gasteiger partial charge in [-0.2, -0.15) is 0 Å². The summed E-state index contributed by atoms with van der Waals surface area (Å²) in [6.07, 6.45) is 2.84. The van der Waals surface area contributed by atoms with Crippen LogP contribution in [0.25, 0.3) is 6.08 Å². The van der Waals surface area contributed by atoms with Crippen molar-refractivity contribution < 1.29 is 9.90 Å². The first kappa shape index (κ1) is 14.5. The van der Waals surface area contributed by atoms with Crippen LogP contribution >= 0.6 is 0 Å². The van der Waals surface area contributed by atoms with Crippen molar-refractivity contribution in [1.82, 2.24) is 4.90 Å². The molecular formula is C15H21NO2. The van der Waals surface area contributed by atoms with Gasteiger partial charge in [0, 0.05) is 18.7 Å². The largest absolute Gasteiger partial charge is 0.478 e. The lowest BCUT2D eigenvalue weighted by atomic mass is 10.1. The van der Waals surface area contributed by atoms with Gasteiger partial charge in [-0.3, -0.25) is 4.90 Å². The molecule has 1 aromatic carbocycles. The second-order valence-corrected chi connectivity index (χ2v) is 4.53. The van der Waals surface area contributed by atoms with Crippen LogP contribution in [-0.4, -0.2) is 28.6 Å². The smallest absolute Gasteiger partial charge is 0.328 e. The van der Waals surface area contributed by atoms with E-state index in [0.717, 1.165) is 24.2 Å². The highest BCUT2D eigenvalue weighted by Gasteiger charge is 2.09. The van der Waals surface area contributed by atoms with Crippen LogP contribution in [0.1, 0.15) is 31.9 Å². The average Bonchev–Trinajstić information content (AvgIpc) is 2.34. The quantitative estimate of drug-likeness (QED) is 0.786. The molecule has 1 aromatic rings. The van der Waals surface area contributed by atoms with E-state index in [2.05, 4.69) is 25.7 Å². The van der Waals surface area contributed by atoms with Gasteiger partial charge in [0.25, 0.3) is 0 Å². The van der Waals surface area contributed by atoms with E-state index < -0.39 is 5.97 Å². The normalized spacial score (nSPS) is 11.6. The van der Waals surface area contributed by atoms with Gasteiger partial charge in [0.05, 0.1) is 0 Å². The SMILES string of the molecule is CCN(Cc1ccccc1C=CC(=O)O)C(C)C. The van der Waals surface area contributed by atoms with Gasteiger partial charge in [0.1, 0.15) is 0 Å². The Hall–Kier alpha value is -1.61. The molecule has 0 aliphatic carbocycles. The van der Waals surface area contributed by atoms with Crippen LogP contribution in [-0.2, 0) is 11.3 Å². The van der Waals surface area contributed by atoms with E-state index in [9.17, 15) is 4.79 Å². The minimum absolute atomic E-state index is 0.478. The molecule has 0 aliphatic heterocycles. The lowest BCUT2D eigenvalue weighted by molar-refractivity contribution is -0.131. The second-order valence-electron chi connectivity index (χ2n) is 4.53. The average molecular weight is 247 g/mol. The fourth-order valence-corrected chi connectivity index (χ4v) is 1.88. The standard InChI is InChI=1S/C15H21NO2/c1-4-16(12(2)3)11-14-8-6-5-7-13(14)9-10-15(17)18/h5-10,12H,4,11H2,1-3H3,(H,17,18). The third-order valence-electron chi connectivity index (χ3n) is 2.97. The summed E-state index contributed by atoms with van der Waals surface area (Å²) >= 11 is 0. The summed E-state index contributed by atoms with van der Waals surface area (Å²) in [5.41, 5.74) is 2.13. The van der Waals surface area contributed by atoms with Gasteiger partial charge in [-0.25, -0.2) is 4.79 Å². The third kappa shape index (κ3) is 4.34. The van der Waals surface area contributed by atoms with Gasteiger partial charge in [0.2, 0.25) is 0 Å². The summed E-state index contributed by atoms with van der Waals surface area (Å²) in [4.78, 5) is 12.9. The summed E-state index contributed by atoms with van der Waals surface area (Å²) < 4.78 is 0. The highest BCUT2D eigenvalue weighted by atomic mass is 16.4. The van der Waals surface area contributed by atoms with Gasteiger partial charge in [-0.15, -0.1) is 0 Å². The Balaban J connectivity index is 2.91. The van der Waals surface area contributed by atoms with Gasteiger partial charge in [0.15, 0.2) is 0 Å². The van der Waals surface area contributed by atoms with Crippen LogP contribution in [0.3, 0.4) is 0 Å². The van der Waals surface area contributed by atoms with E-state index >= 15 is 0 Å². The first-order chi connectivity index (χ1) is 8.54. The third-order valence-corrected chi connectivity index (χ3v) is 2.97. The van der Waals surface area contributed by atoms with Crippen molar-refractivity contribution in [3.8, 4) is 0 Å². The van der Waals surface area contributed by atoms with Crippen LogP contribution in [0.5, 0.6) is 0 Å². The number of carbonyl (C=O) groups is 1. The maximum Gasteiger partial charge on any atom is 0.328 e. The number of hydrogen-bond donors (Lipinski definition) is 1. The minimum atomic E-state index is -0.916. The number of carboxylic acids is 1. The van der Waals surface area contributed by atoms with E-state index in [1.165, 1.54) is 6.08 Å². The van der Waals surface area contributed by atoms with E-state index in [-0.39, 0.29) is 0 Å². The summed E-state index contributed by atoms with van der Waals surface area (Å²) in [6.45, 7) is 8.29. The molecule has 0 fully saturated rings. The first-order valence-corrected chi connectivity index (χ1v) is 6.27. The summed E-state index contributed by atoms with van der Waals surface area (Å²) in [6, 6.07) is 8.39. The molecule has 0 atom stereocenters. The summed E-state index contributed by atoms with van der Waals surface area (Å²) in [5.74, 6) is -0.916. The predicted molar refractivity (Wildman–Crippen MR) is 74.3 cm³/mol. The molecule has 3 nitrogen and oxygen atoms in total. The molecule has 1 rings (SSSR count). The van der Waals surface area contributed by atoms with E-state index in [0.29, 0.717) is 6.04 Å². The van der Waals surface area contributed by atoms with E-state index in [1.54, 1.807) is 6.08 Å². The zero-order valence-electron chi connectivity index (χ0n) is 11.3. The molecule has 0 aromatic heterocycles. The van der Waals surface area contributed by atoms with Gasteiger partial charge in [-0.05, 0) is 37.6 Å². The Morgan fingerprint density at radius 2 is 2.06 bits per heavy atom. The molecule has 18 heavy (non-hydrogen) atoms. The van der Waals surface area contributed by atoms with Gasteiger partial charge < -0.3 is 5.11 Å².